The van der Waals surface area contributed by atoms with Crippen LogP contribution >= 0.6 is 0 Å². The quantitative estimate of drug-likeness (QED) is 0.155. The standard InChI is InChI=1S/C40H50O4/c1-23(2)33-21-29(11-13-35(33)41)39(9,30-12-14-36(42)34(22-30)24(3)4)15-16-40(10,31-17-25(5)37(43)26(6)18-31)32-19-27(7)38(44)28(8)20-32/h11-14,17-24,41-44H,15-16H2,1-10H3. The lowest BCUT2D eigenvalue weighted by Gasteiger charge is -2.39. The molecule has 4 rings (SSSR count). The molecule has 0 unspecified atom stereocenters. The van der Waals surface area contributed by atoms with E-state index in [-0.39, 0.29) is 11.8 Å². The molecule has 0 amide bonds. The van der Waals surface area contributed by atoms with E-state index in [1.165, 1.54) is 0 Å². The summed E-state index contributed by atoms with van der Waals surface area (Å²) in [7, 11) is 0. The Labute approximate surface area is 264 Å². The molecule has 4 nitrogen and oxygen atoms in total. The average molecular weight is 595 g/mol. The Morgan fingerprint density at radius 2 is 0.773 bits per heavy atom. The molecule has 0 saturated carbocycles. The number of hydrogen-bond donors (Lipinski definition) is 4. The van der Waals surface area contributed by atoms with E-state index in [0.29, 0.717) is 23.0 Å². The molecule has 0 atom stereocenters. The van der Waals surface area contributed by atoms with Crippen molar-refractivity contribution in [2.75, 3.05) is 0 Å². The molecule has 0 radical (unpaired) electrons. The molecular weight excluding hydrogens is 544 g/mol. The van der Waals surface area contributed by atoms with E-state index in [2.05, 4.69) is 77.9 Å². The summed E-state index contributed by atoms with van der Waals surface area (Å²) in [6.45, 7) is 20.7. The highest BCUT2D eigenvalue weighted by Gasteiger charge is 2.37. The first-order chi connectivity index (χ1) is 20.5. The summed E-state index contributed by atoms with van der Waals surface area (Å²) in [6.07, 6.45) is 1.51. The zero-order valence-corrected chi connectivity index (χ0v) is 28.1. The van der Waals surface area contributed by atoms with Crippen LogP contribution in [0.3, 0.4) is 0 Å². The summed E-state index contributed by atoms with van der Waals surface area (Å²) < 4.78 is 0. The Hall–Kier alpha value is -3.92. The molecule has 4 N–H and O–H groups in total. The molecule has 0 saturated heterocycles. The summed E-state index contributed by atoms with van der Waals surface area (Å²) in [5, 5.41) is 42.8. The first kappa shape index (κ1) is 33.0. The second-order valence-electron chi connectivity index (χ2n) is 13.9. The number of phenolic OH excluding ortho intramolecular Hbond substituents is 4. The smallest absolute Gasteiger partial charge is 0.121 e. The fraction of sp³-hybridized carbons (Fsp3) is 0.400. The van der Waals surface area contributed by atoms with E-state index in [9.17, 15) is 20.4 Å². The minimum atomic E-state index is -0.460. The predicted molar refractivity (Wildman–Crippen MR) is 182 cm³/mol. The maximum Gasteiger partial charge on any atom is 0.121 e. The Bertz CT molecular complexity index is 1520. The molecule has 0 bridgehead atoms. The van der Waals surface area contributed by atoms with Gasteiger partial charge in [0.05, 0.1) is 0 Å². The maximum atomic E-state index is 10.7. The second kappa shape index (κ2) is 12.2. The Morgan fingerprint density at radius 3 is 1.07 bits per heavy atom. The van der Waals surface area contributed by atoms with Crippen LogP contribution in [-0.2, 0) is 10.8 Å². The molecule has 0 aliphatic carbocycles. The van der Waals surface area contributed by atoms with Gasteiger partial charge in [0.15, 0.2) is 0 Å². The SMILES string of the molecule is Cc1cc(C(C)(CCC(C)(c2ccc(O)c(C(C)C)c2)c2ccc(O)c(C(C)C)c2)c2cc(C)c(O)c(C)c2)cc(C)c1O. The Kier molecular flexibility index (Phi) is 9.17. The lowest BCUT2D eigenvalue weighted by atomic mass is 9.65. The Morgan fingerprint density at radius 1 is 0.477 bits per heavy atom. The third kappa shape index (κ3) is 6.04. The van der Waals surface area contributed by atoms with Gasteiger partial charge in [-0.2, -0.15) is 0 Å². The first-order valence-electron chi connectivity index (χ1n) is 15.8. The maximum absolute atomic E-state index is 10.7. The van der Waals surface area contributed by atoms with Gasteiger partial charge >= 0.3 is 0 Å². The van der Waals surface area contributed by atoms with E-state index in [4.69, 9.17) is 0 Å². The van der Waals surface area contributed by atoms with Crippen LogP contribution in [0.15, 0.2) is 60.7 Å². The number of phenols is 4. The highest BCUT2D eigenvalue weighted by Crippen LogP contribution is 2.47. The zero-order chi connectivity index (χ0) is 32.7. The molecule has 0 aliphatic rings. The number of aromatic hydroxyl groups is 4. The largest absolute Gasteiger partial charge is 0.508 e. The van der Waals surface area contributed by atoms with Crippen molar-refractivity contribution in [2.24, 2.45) is 0 Å². The predicted octanol–water partition coefficient (Wildman–Crippen LogP) is 10.1. The number of hydrogen-bond acceptors (Lipinski definition) is 4. The van der Waals surface area contributed by atoms with E-state index in [1.807, 2.05) is 52.0 Å². The van der Waals surface area contributed by atoms with Gasteiger partial charge in [0.25, 0.3) is 0 Å². The molecule has 4 aromatic rings. The van der Waals surface area contributed by atoms with Gasteiger partial charge in [-0.05, 0) is 120 Å². The normalized spacial score (nSPS) is 12.4. The minimum Gasteiger partial charge on any atom is -0.508 e. The van der Waals surface area contributed by atoms with Crippen LogP contribution in [0.25, 0.3) is 0 Å². The Balaban J connectivity index is 1.96. The third-order valence-corrected chi connectivity index (χ3v) is 9.95. The number of benzene rings is 4. The summed E-state index contributed by atoms with van der Waals surface area (Å²) >= 11 is 0. The molecular formula is C40H50O4. The molecule has 234 valence electrons. The number of rotatable bonds is 9. The lowest BCUT2D eigenvalue weighted by molar-refractivity contribution is 0.407. The van der Waals surface area contributed by atoms with Crippen LogP contribution in [0.4, 0.5) is 0 Å². The van der Waals surface area contributed by atoms with Crippen LogP contribution in [0.2, 0.25) is 0 Å². The van der Waals surface area contributed by atoms with E-state index < -0.39 is 10.8 Å². The van der Waals surface area contributed by atoms with Gasteiger partial charge < -0.3 is 20.4 Å². The van der Waals surface area contributed by atoms with E-state index in [1.54, 1.807) is 0 Å². The molecule has 0 heterocycles. The average Bonchev–Trinajstić information content (AvgIpc) is 2.96. The van der Waals surface area contributed by atoms with Crippen molar-refractivity contribution in [1.29, 1.82) is 0 Å². The lowest BCUT2D eigenvalue weighted by Crippen LogP contribution is -2.31. The molecule has 4 heteroatoms. The summed E-state index contributed by atoms with van der Waals surface area (Å²) in [4.78, 5) is 0. The summed E-state index contributed by atoms with van der Waals surface area (Å²) in [6, 6.07) is 20.3. The van der Waals surface area contributed by atoms with Gasteiger partial charge in [-0.3, -0.25) is 0 Å². The fourth-order valence-electron chi connectivity index (χ4n) is 6.68. The van der Waals surface area contributed by atoms with Crippen molar-refractivity contribution in [3.63, 3.8) is 0 Å². The van der Waals surface area contributed by atoms with Gasteiger partial charge in [0, 0.05) is 10.8 Å². The highest BCUT2D eigenvalue weighted by molar-refractivity contribution is 5.53. The van der Waals surface area contributed by atoms with Crippen LogP contribution in [-0.4, -0.2) is 20.4 Å². The van der Waals surface area contributed by atoms with Crippen molar-refractivity contribution in [2.45, 2.75) is 105 Å². The topological polar surface area (TPSA) is 80.9 Å². The first-order valence-corrected chi connectivity index (χ1v) is 15.8. The third-order valence-electron chi connectivity index (χ3n) is 9.95. The van der Waals surface area contributed by atoms with Crippen molar-refractivity contribution in [3.8, 4) is 23.0 Å². The van der Waals surface area contributed by atoms with Gasteiger partial charge in [0.1, 0.15) is 23.0 Å². The summed E-state index contributed by atoms with van der Waals surface area (Å²) in [5.74, 6) is 1.54. The van der Waals surface area contributed by atoms with Gasteiger partial charge in [-0.15, -0.1) is 0 Å². The zero-order valence-electron chi connectivity index (χ0n) is 28.1. The molecule has 0 aliphatic heterocycles. The van der Waals surface area contributed by atoms with Gasteiger partial charge in [-0.25, -0.2) is 0 Å². The van der Waals surface area contributed by atoms with Crippen molar-refractivity contribution < 1.29 is 20.4 Å². The molecule has 4 aromatic carbocycles. The minimum absolute atomic E-state index is 0.154. The van der Waals surface area contributed by atoms with Crippen LogP contribution < -0.4 is 0 Å². The second-order valence-corrected chi connectivity index (χ2v) is 13.9. The van der Waals surface area contributed by atoms with Crippen molar-refractivity contribution >= 4 is 0 Å². The highest BCUT2D eigenvalue weighted by atomic mass is 16.3. The van der Waals surface area contributed by atoms with Crippen molar-refractivity contribution in [1.82, 2.24) is 0 Å². The monoisotopic (exact) mass is 594 g/mol. The number of aryl methyl sites for hydroxylation is 4. The summed E-state index contributed by atoms with van der Waals surface area (Å²) in [5.41, 5.74) is 8.68. The van der Waals surface area contributed by atoms with E-state index >= 15 is 0 Å². The van der Waals surface area contributed by atoms with Crippen LogP contribution in [0.1, 0.15) is 122 Å². The fourth-order valence-corrected chi connectivity index (χ4v) is 6.68. The van der Waals surface area contributed by atoms with Gasteiger partial charge in [0.2, 0.25) is 0 Å². The van der Waals surface area contributed by atoms with Gasteiger partial charge in [-0.1, -0.05) is 90.1 Å². The molecule has 44 heavy (non-hydrogen) atoms. The molecule has 0 fully saturated rings. The van der Waals surface area contributed by atoms with E-state index in [0.717, 1.165) is 68.5 Å². The van der Waals surface area contributed by atoms with Crippen LogP contribution in [0.5, 0.6) is 23.0 Å². The van der Waals surface area contributed by atoms with Crippen molar-refractivity contribution in [3.05, 3.63) is 116 Å². The van der Waals surface area contributed by atoms with Crippen LogP contribution in [0, 0.1) is 27.7 Å². The molecule has 0 spiro atoms. The molecule has 0 aromatic heterocycles.